The summed E-state index contributed by atoms with van der Waals surface area (Å²) in [5.74, 6) is -0.0802. The molecule has 158 valence electrons. The zero-order valence-electron chi connectivity index (χ0n) is 16.0. The van der Waals surface area contributed by atoms with Crippen LogP contribution in [-0.4, -0.2) is 83.0 Å². The molecule has 2 aliphatic heterocycles. The second kappa shape index (κ2) is 8.97. The molecule has 28 heavy (non-hydrogen) atoms. The van der Waals surface area contributed by atoms with Crippen molar-refractivity contribution in [3.05, 3.63) is 28.8 Å². The summed E-state index contributed by atoms with van der Waals surface area (Å²) in [5.41, 5.74) is 0.562. The summed E-state index contributed by atoms with van der Waals surface area (Å²) in [6.07, 6.45) is 0.980. The highest BCUT2D eigenvalue weighted by atomic mass is 35.5. The maximum Gasteiger partial charge on any atom is 0.243 e. The lowest BCUT2D eigenvalue weighted by molar-refractivity contribution is 0.0367. The number of ether oxygens (including phenoxy) is 1. The highest BCUT2D eigenvalue weighted by Crippen LogP contribution is 2.28. The Labute approximate surface area is 172 Å². The molecule has 0 bridgehead atoms. The van der Waals surface area contributed by atoms with Crippen LogP contribution in [0, 0.1) is 6.92 Å². The zero-order valence-corrected chi connectivity index (χ0v) is 18.4. The molecule has 0 saturated carbocycles. The number of hydrogen-bond acceptors (Lipinski definition) is 6. The van der Waals surface area contributed by atoms with Gasteiger partial charge in [0.1, 0.15) is 0 Å². The van der Waals surface area contributed by atoms with Gasteiger partial charge in [0.15, 0.2) is 9.84 Å². The third-order valence-corrected chi connectivity index (χ3v) is 9.39. The van der Waals surface area contributed by atoms with Crippen LogP contribution in [0.1, 0.15) is 18.4 Å². The predicted molar refractivity (Wildman–Crippen MR) is 109 cm³/mol. The third-order valence-electron chi connectivity index (χ3n) is 5.30. The van der Waals surface area contributed by atoms with Gasteiger partial charge in [0, 0.05) is 30.7 Å². The molecule has 2 heterocycles. The van der Waals surface area contributed by atoms with E-state index in [4.69, 9.17) is 16.3 Å². The van der Waals surface area contributed by atoms with Crippen molar-refractivity contribution in [3.63, 3.8) is 0 Å². The number of sulfone groups is 1. The fourth-order valence-corrected chi connectivity index (χ4v) is 7.76. The molecule has 0 aromatic heterocycles. The van der Waals surface area contributed by atoms with Crippen molar-refractivity contribution in [3.8, 4) is 0 Å². The molecular weight excluding hydrogens is 424 g/mol. The van der Waals surface area contributed by atoms with E-state index in [9.17, 15) is 16.8 Å². The van der Waals surface area contributed by atoms with Gasteiger partial charge in [0.25, 0.3) is 0 Å². The largest absolute Gasteiger partial charge is 0.379 e. The second-order valence-corrected chi connectivity index (χ2v) is 11.9. The van der Waals surface area contributed by atoms with Crippen molar-refractivity contribution in [2.24, 2.45) is 0 Å². The standard InChI is InChI=1S/C18H27ClN2O5S2/c1-15-13-16(19)3-4-18(15)28(24,25)21(17-5-12-27(22,23)14-17)7-2-6-20-8-10-26-11-9-20/h3-4,13,17H,2,5-12,14H2,1H3. The van der Waals surface area contributed by atoms with Crippen molar-refractivity contribution < 1.29 is 21.6 Å². The Kier molecular flexibility index (Phi) is 7.05. The summed E-state index contributed by atoms with van der Waals surface area (Å²) in [4.78, 5) is 2.43. The summed E-state index contributed by atoms with van der Waals surface area (Å²) in [6.45, 7) is 5.80. The Balaban J connectivity index is 1.80. The molecule has 7 nitrogen and oxygen atoms in total. The molecule has 1 unspecified atom stereocenters. The van der Waals surface area contributed by atoms with E-state index in [0.717, 1.165) is 19.6 Å². The van der Waals surface area contributed by atoms with Gasteiger partial charge in [-0.25, -0.2) is 16.8 Å². The van der Waals surface area contributed by atoms with Gasteiger partial charge < -0.3 is 4.74 Å². The van der Waals surface area contributed by atoms with E-state index in [0.29, 0.717) is 43.2 Å². The van der Waals surface area contributed by atoms with Gasteiger partial charge in [-0.15, -0.1) is 0 Å². The van der Waals surface area contributed by atoms with Gasteiger partial charge >= 0.3 is 0 Å². The normalized spacial score (nSPS) is 23.3. The lowest BCUT2D eigenvalue weighted by atomic mass is 10.2. The maximum absolute atomic E-state index is 13.4. The van der Waals surface area contributed by atoms with Crippen LogP contribution < -0.4 is 0 Å². The fourth-order valence-electron chi connectivity index (χ4n) is 3.81. The van der Waals surface area contributed by atoms with Crippen molar-refractivity contribution in [2.45, 2.75) is 30.7 Å². The molecular formula is C18H27ClN2O5S2. The smallest absolute Gasteiger partial charge is 0.243 e. The Morgan fingerprint density at radius 3 is 2.61 bits per heavy atom. The van der Waals surface area contributed by atoms with E-state index in [2.05, 4.69) is 4.90 Å². The van der Waals surface area contributed by atoms with E-state index in [1.54, 1.807) is 19.1 Å². The summed E-state index contributed by atoms with van der Waals surface area (Å²) in [7, 11) is -7.02. The number of rotatable bonds is 7. The SMILES string of the molecule is Cc1cc(Cl)ccc1S(=O)(=O)N(CCCN1CCOCC1)C1CCS(=O)(=O)C1. The number of halogens is 1. The second-order valence-electron chi connectivity index (χ2n) is 7.39. The number of morpholine rings is 1. The summed E-state index contributed by atoms with van der Waals surface area (Å²) in [5, 5.41) is 0.471. The van der Waals surface area contributed by atoms with E-state index in [-0.39, 0.29) is 16.4 Å². The van der Waals surface area contributed by atoms with Crippen LogP contribution in [0.15, 0.2) is 23.1 Å². The summed E-state index contributed by atoms with van der Waals surface area (Å²) >= 11 is 5.98. The minimum atomic E-state index is -3.82. The number of nitrogens with zero attached hydrogens (tertiary/aromatic N) is 2. The molecule has 1 aromatic carbocycles. The Morgan fingerprint density at radius 2 is 2.00 bits per heavy atom. The van der Waals surface area contributed by atoms with E-state index < -0.39 is 25.9 Å². The first-order chi connectivity index (χ1) is 13.2. The lowest BCUT2D eigenvalue weighted by Gasteiger charge is -2.30. The fraction of sp³-hybridized carbons (Fsp3) is 0.667. The Morgan fingerprint density at radius 1 is 1.29 bits per heavy atom. The first-order valence-corrected chi connectivity index (χ1v) is 13.1. The average molecular weight is 451 g/mol. The molecule has 2 saturated heterocycles. The van der Waals surface area contributed by atoms with Crippen molar-refractivity contribution >= 4 is 31.5 Å². The quantitative estimate of drug-likeness (QED) is 0.626. The highest BCUT2D eigenvalue weighted by molar-refractivity contribution is 7.92. The van der Waals surface area contributed by atoms with Crippen LogP contribution >= 0.6 is 11.6 Å². The van der Waals surface area contributed by atoms with Crippen LogP contribution in [0.4, 0.5) is 0 Å². The van der Waals surface area contributed by atoms with Crippen LogP contribution in [-0.2, 0) is 24.6 Å². The van der Waals surface area contributed by atoms with Gasteiger partial charge in [-0.3, -0.25) is 4.90 Å². The minimum Gasteiger partial charge on any atom is -0.379 e. The maximum atomic E-state index is 13.4. The molecule has 0 aliphatic carbocycles. The Bertz CT molecular complexity index is 899. The molecule has 2 fully saturated rings. The van der Waals surface area contributed by atoms with Gasteiger partial charge in [0.2, 0.25) is 10.0 Å². The molecule has 0 radical (unpaired) electrons. The van der Waals surface area contributed by atoms with Crippen LogP contribution in [0.5, 0.6) is 0 Å². The van der Waals surface area contributed by atoms with Crippen molar-refractivity contribution in [1.82, 2.24) is 9.21 Å². The van der Waals surface area contributed by atoms with Crippen molar-refractivity contribution in [1.29, 1.82) is 0 Å². The minimum absolute atomic E-state index is 0.0345. The molecule has 2 aliphatic rings. The van der Waals surface area contributed by atoms with Crippen LogP contribution in [0.3, 0.4) is 0 Å². The predicted octanol–water partition coefficient (Wildman–Crippen LogP) is 1.55. The molecule has 10 heteroatoms. The molecule has 1 atom stereocenters. The first kappa shape index (κ1) is 22.0. The number of sulfonamides is 1. The number of benzene rings is 1. The van der Waals surface area contributed by atoms with Gasteiger partial charge in [0.05, 0.1) is 29.6 Å². The molecule has 1 aromatic rings. The van der Waals surface area contributed by atoms with E-state index in [1.165, 1.54) is 10.4 Å². The lowest BCUT2D eigenvalue weighted by Crippen LogP contribution is -2.43. The molecule has 0 amide bonds. The molecule has 0 N–H and O–H groups in total. The number of hydrogen-bond donors (Lipinski definition) is 0. The first-order valence-electron chi connectivity index (χ1n) is 9.47. The topological polar surface area (TPSA) is 84.0 Å². The van der Waals surface area contributed by atoms with Gasteiger partial charge in [-0.05, 0) is 50.1 Å². The third kappa shape index (κ3) is 5.25. The highest BCUT2D eigenvalue weighted by Gasteiger charge is 2.39. The number of aryl methyl sites for hydroxylation is 1. The Hall–Kier alpha value is -0.710. The average Bonchev–Trinajstić information content (AvgIpc) is 2.98. The van der Waals surface area contributed by atoms with E-state index >= 15 is 0 Å². The van der Waals surface area contributed by atoms with Crippen LogP contribution in [0.25, 0.3) is 0 Å². The zero-order chi connectivity index (χ0) is 20.4. The summed E-state index contributed by atoms with van der Waals surface area (Å²) in [6, 6.07) is 4.16. The summed E-state index contributed by atoms with van der Waals surface area (Å²) < 4.78 is 57.5. The van der Waals surface area contributed by atoms with Crippen molar-refractivity contribution in [2.75, 3.05) is 50.9 Å². The van der Waals surface area contributed by atoms with Gasteiger partial charge in [-0.2, -0.15) is 4.31 Å². The van der Waals surface area contributed by atoms with Gasteiger partial charge in [-0.1, -0.05) is 11.6 Å². The molecule has 3 rings (SSSR count). The van der Waals surface area contributed by atoms with Crippen LogP contribution in [0.2, 0.25) is 5.02 Å². The van der Waals surface area contributed by atoms with E-state index in [1.807, 2.05) is 0 Å². The monoisotopic (exact) mass is 450 g/mol. The molecule has 0 spiro atoms.